The molecule has 124 valence electrons. The minimum absolute atomic E-state index is 0.0482. The molecule has 1 aromatic rings. The van der Waals surface area contributed by atoms with Crippen LogP contribution < -0.4 is 10.6 Å². The second-order valence-corrected chi connectivity index (χ2v) is 4.80. The van der Waals surface area contributed by atoms with Gasteiger partial charge in [-0.1, -0.05) is 0 Å². The normalized spacial score (nSPS) is 15.1. The molecule has 2 rings (SSSR count). The van der Waals surface area contributed by atoms with Crippen LogP contribution in [0.1, 0.15) is 18.1 Å². The number of fused-ring (bicyclic) bond motifs is 1. The predicted octanol–water partition coefficient (Wildman–Crippen LogP) is 1.15. The summed E-state index contributed by atoms with van der Waals surface area (Å²) < 4.78 is 31.7. The molecule has 1 aromatic heterocycles. The van der Waals surface area contributed by atoms with E-state index >= 15 is 0 Å². The maximum atomic E-state index is 10.6. The van der Waals surface area contributed by atoms with Gasteiger partial charge in [0.1, 0.15) is 5.82 Å². The Bertz CT molecular complexity index is 509. The van der Waals surface area contributed by atoms with Crippen molar-refractivity contribution in [1.82, 2.24) is 10.3 Å². The predicted molar refractivity (Wildman–Crippen MR) is 73.5 cm³/mol. The van der Waals surface area contributed by atoms with Crippen LogP contribution in [0, 0.1) is 0 Å². The summed E-state index contributed by atoms with van der Waals surface area (Å²) in [5, 5.41) is 22.5. The third-order valence-electron chi connectivity index (χ3n) is 2.88. The highest BCUT2D eigenvalue weighted by atomic mass is 19.4. The zero-order valence-corrected chi connectivity index (χ0v) is 11.9. The van der Waals surface area contributed by atoms with Crippen molar-refractivity contribution in [3.05, 3.63) is 23.4 Å². The number of hydrogen-bond acceptors (Lipinski definition) is 5. The number of aliphatic hydroxyl groups is 1. The van der Waals surface area contributed by atoms with Crippen LogP contribution in [0.3, 0.4) is 0 Å². The monoisotopic (exact) mass is 321 g/mol. The average Bonchev–Trinajstić information content (AvgIpc) is 2.46. The van der Waals surface area contributed by atoms with Gasteiger partial charge in [-0.15, -0.1) is 0 Å². The molecule has 1 atom stereocenters. The number of nitrogens with zero attached hydrogens (tertiary/aromatic N) is 1. The van der Waals surface area contributed by atoms with E-state index in [0.29, 0.717) is 0 Å². The Labute approximate surface area is 125 Å². The van der Waals surface area contributed by atoms with Crippen LogP contribution in [-0.2, 0) is 17.8 Å². The van der Waals surface area contributed by atoms with Gasteiger partial charge in [-0.05, 0) is 37.1 Å². The first-order chi connectivity index (χ1) is 10.2. The zero-order valence-electron chi connectivity index (χ0n) is 11.9. The number of alkyl halides is 3. The molecule has 0 saturated carbocycles. The Morgan fingerprint density at radius 3 is 2.68 bits per heavy atom. The molecule has 1 aliphatic heterocycles. The highest BCUT2D eigenvalue weighted by Crippen LogP contribution is 2.16. The number of pyridine rings is 1. The lowest BCUT2D eigenvalue weighted by molar-refractivity contribution is -0.192. The van der Waals surface area contributed by atoms with Crippen molar-refractivity contribution >= 4 is 11.8 Å². The van der Waals surface area contributed by atoms with E-state index in [0.717, 1.165) is 25.3 Å². The SMILES string of the molecule is C[C@@H](CO)Nc1cc2c(cn1)CCNC2.O=C(O)C(F)(F)F. The molecule has 22 heavy (non-hydrogen) atoms. The lowest BCUT2D eigenvalue weighted by Crippen LogP contribution is -2.25. The smallest absolute Gasteiger partial charge is 0.475 e. The van der Waals surface area contributed by atoms with E-state index in [1.807, 2.05) is 13.1 Å². The van der Waals surface area contributed by atoms with Gasteiger partial charge in [0.2, 0.25) is 0 Å². The summed E-state index contributed by atoms with van der Waals surface area (Å²) in [6.45, 7) is 4.00. The number of aromatic nitrogens is 1. The largest absolute Gasteiger partial charge is 0.490 e. The van der Waals surface area contributed by atoms with Gasteiger partial charge < -0.3 is 20.8 Å². The van der Waals surface area contributed by atoms with E-state index in [9.17, 15) is 13.2 Å². The summed E-state index contributed by atoms with van der Waals surface area (Å²) in [4.78, 5) is 13.2. The molecule has 6 nitrogen and oxygen atoms in total. The number of anilines is 1. The molecular formula is C13H18F3N3O3. The summed E-state index contributed by atoms with van der Waals surface area (Å²) >= 11 is 0. The molecule has 2 heterocycles. The third-order valence-corrected chi connectivity index (χ3v) is 2.88. The van der Waals surface area contributed by atoms with Crippen molar-refractivity contribution < 1.29 is 28.2 Å². The van der Waals surface area contributed by atoms with Crippen LogP contribution in [0.2, 0.25) is 0 Å². The standard InChI is InChI=1S/C11H17N3O.C2HF3O2/c1-8(7-15)14-11-4-10-5-12-3-2-9(10)6-13-11;3-2(4,5)1(6)7/h4,6,8,12,15H,2-3,5,7H2,1H3,(H,13,14);(H,6,7)/t8-;/m0./s1. The van der Waals surface area contributed by atoms with E-state index in [1.54, 1.807) is 0 Å². The quantitative estimate of drug-likeness (QED) is 0.667. The Hall–Kier alpha value is -1.87. The van der Waals surface area contributed by atoms with Gasteiger partial charge in [-0.25, -0.2) is 9.78 Å². The first-order valence-electron chi connectivity index (χ1n) is 6.60. The van der Waals surface area contributed by atoms with Crippen molar-refractivity contribution in [3.63, 3.8) is 0 Å². The maximum absolute atomic E-state index is 10.6. The lowest BCUT2D eigenvalue weighted by Gasteiger charge is -2.18. The van der Waals surface area contributed by atoms with Gasteiger partial charge in [0, 0.05) is 18.8 Å². The van der Waals surface area contributed by atoms with Crippen LogP contribution in [0.25, 0.3) is 0 Å². The highest BCUT2D eigenvalue weighted by molar-refractivity contribution is 5.73. The first kappa shape index (κ1) is 18.2. The fourth-order valence-corrected chi connectivity index (χ4v) is 1.74. The molecule has 1 aliphatic rings. The number of carboxylic acid groups (broad SMARTS) is 1. The van der Waals surface area contributed by atoms with Gasteiger partial charge in [0.25, 0.3) is 0 Å². The topological polar surface area (TPSA) is 94.5 Å². The van der Waals surface area contributed by atoms with Crippen LogP contribution in [0.15, 0.2) is 12.3 Å². The number of rotatable bonds is 3. The van der Waals surface area contributed by atoms with Crippen molar-refractivity contribution in [2.75, 3.05) is 18.5 Å². The van der Waals surface area contributed by atoms with Crippen molar-refractivity contribution in [2.45, 2.75) is 32.1 Å². The minimum Gasteiger partial charge on any atom is -0.475 e. The second-order valence-electron chi connectivity index (χ2n) is 4.80. The van der Waals surface area contributed by atoms with E-state index in [4.69, 9.17) is 15.0 Å². The van der Waals surface area contributed by atoms with Crippen LogP contribution in [-0.4, -0.2) is 46.5 Å². The molecule has 0 aromatic carbocycles. The Balaban J connectivity index is 0.000000295. The molecule has 0 unspecified atom stereocenters. The number of halogens is 3. The summed E-state index contributed by atoms with van der Waals surface area (Å²) in [7, 11) is 0. The van der Waals surface area contributed by atoms with E-state index in [-0.39, 0.29) is 12.6 Å². The molecular weight excluding hydrogens is 303 g/mol. The lowest BCUT2D eigenvalue weighted by atomic mass is 10.0. The summed E-state index contributed by atoms with van der Waals surface area (Å²) in [6.07, 6.45) is -2.10. The van der Waals surface area contributed by atoms with Gasteiger partial charge in [-0.2, -0.15) is 13.2 Å². The number of hydrogen-bond donors (Lipinski definition) is 4. The van der Waals surface area contributed by atoms with Crippen LogP contribution in [0.4, 0.5) is 19.0 Å². The second kappa shape index (κ2) is 7.95. The first-order valence-corrected chi connectivity index (χ1v) is 6.60. The summed E-state index contributed by atoms with van der Waals surface area (Å²) in [6, 6.07) is 2.11. The molecule has 0 amide bonds. The Morgan fingerprint density at radius 2 is 2.14 bits per heavy atom. The molecule has 0 radical (unpaired) electrons. The molecule has 0 bridgehead atoms. The van der Waals surface area contributed by atoms with Crippen molar-refractivity contribution in [3.8, 4) is 0 Å². The average molecular weight is 321 g/mol. The molecule has 0 spiro atoms. The van der Waals surface area contributed by atoms with Crippen molar-refractivity contribution in [2.24, 2.45) is 0 Å². The Kier molecular flexibility index (Phi) is 6.57. The van der Waals surface area contributed by atoms with Crippen LogP contribution in [0.5, 0.6) is 0 Å². The molecule has 0 saturated heterocycles. The molecule has 0 fully saturated rings. The summed E-state index contributed by atoms with van der Waals surface area (Å²) in [5.41, 5.74) is 2.64. The van der Waals surface area contributed by atoms with Gasteiger partial charge >= 0.3 is 12.1 Å². The number of carbonyl (C=O) groups is 1. The van der Waals surface area contributed by atoms with E-state index in [2.05, 4.69) is 21.7 Å². The number of nitrogens with one attached hydrogen (secondary N) is 2. The van der Waals surface area contributed by atoms with E-state index in [1.165, 1.54) is 11.1 Å². The number of aliphatic carboxylic acids is 1. The fraction of sp³-hybridized carbons (Fsp3) is 0.538. The van der Waals surface area contributed by atoms with Gasteiger partial charge in [0.15, 0.2) is 0 Å². The van der Waals surface area contributed by atoms with E-state index < -0.39 is 12.1 Å². The van der Waals surface area contributed by atoms with Crippen molar-refractivity contribution in [1.29, 1.82) is 0 Å². The maximum Gasteiger partial charge on any atom is 0.490 e. The van der Waals surface area contributed by atoms with Gasteiger partial charge in [-0.3, -0.25) is 0 Å². The fourth-order valence-electron chi connectivity index (χ4n) is 1.74. The number of aliphatic hydroxyl groups excluding tert-OH is 1. The number of carboxylic acids is 1. The van der Waals surface area contributed by atoms with Crippen LogP contribution >= 0.6 is 0 Å². The van der Waals surface area contributed by atoms with Gasteiger partial charge in [0.05, 0.1) is 6.61 Å². The minimum atomic E-state index is -5.08. The molecule has 0 aliphatic carbocycles. The summed E-state index contributed by atoms with van der Waals surface area (Å²) in [5.74, 6) is -1.91. The highest BCUT2D eigenvalue weighted by Gasteiger charge is 2.38. The third kappa shape index (κ3) is 5.86. The molecule has 4 N–H and O–H groups in total. The Morgan fingerprint density at radius 1 is 1.50 bits per heavy atom. The zero-order chi connectivity index (χ0) is 16.8. The molecule has 9 heteroatoms.